The Hall–Kier alpha value is -1.40. The Labute approximate surface area is 103 Å². The minimum atomic E-state index is -0.654. The summed E-state index contributed by atoms with van der Waals surface area (Å²) in [5, 5.41) is 21.4. The molecule has 0 aliphatic heterocycles. The summed E-state index contributed by atoms with van der Waals surface area (Å²) >= 11 is 8.70. The number of nitrogens with zero attached hydrogens (tertiary/aromatic N) is 2. The number of hydrogen-bond donors (Lipinski definition) is 1. The molecule has 0 unspecified atom stereocenters. The molecule has 0 amide bonds. The number of nitro groups is 1. The number of halogens is 2. The van der Waals surface area contributed by atoms with Crippen LogP contribution in [0.15, 0.2) is 22.8 Å². The van der Waals surface area contributed by atoms with Gasteiger partial charge in [0.05, 0.1) is 14.8 Å². The van der Waals surface area contributed by atoms with Crippen LogP contribution in [0, 0.1) is 10.1 Å². The molecule has 1 heterocycles. The van der Waals surface area contributed by atoms with E-state index in [0.29, 0.717) is 5.39 Å². The summed E-state index contributed by atoms with van der Waals surface area (Å²) in [4.78, 5) is 14.0. The SMILES string of the molecule is O=[N+]([O-])c1c(O)c(Br)cc2cnc(Cl)cc12. The summed E-state index contributed by atoms with van der Waals surface area (Å²) in [6.45, 7) is 0. The number of phenols is 1. The van der Waals surface area contributed by atoms with Crippen molar-refractivity contribution in [1.82, 2.24) is 4.98 Å². The van der Waals surface area contributed by atoms with Gasteiger partial charge in [-0.1, -0.05) is 11.6 Å². The standard InChI is InChI=1S/C9H4BrClN2O3/c10-6-1-4-3-12-7(11)2-5(4)8(9(6)14)13(15)16/h1-3,14H. The van der Waals surface area contributed by atoms with E-state index in [1.165, 1.54) is 12.3 Å². The maximum atomic E-state index is 10.9. The van der Waals surface area contributed by atoms with Gasteiger partial charge in [0, 0.05) is 11.6 Å². The molecule has 0 fully saturated rings. The van der Waals surface area contributed by atoms with Crippen LogP contribution in [0.4, 0.5) is 5.69 Å². The average Bonchev–Trinajstić information content (AvgIpc) is 2.20. The van der Waals surface area contributed by atoms with Crippen LogP contribution < -0.4 is 0 Å². The summed E-state index contributed by atoms with van der Waals surface area (Å²) in [6.07, 6.45) is 1.41. The van der Waals surface area contributed by atoms with Gasteiger partial charge in [0.15, 0.2) is 0 Å². The fraction of sp³-hybridized carbons (Fsp3) is 0. The van der Waals surface area contributed by atoms with E-state index in [4.69, 9.17) is 11.6 Å². The highest BCUT2D eigenvalue weighted by molar-refractivity contribution is 9.10. The first-order valence-corrected chi connectivity index (χ1v) is 5.29. The molecular formula is C9H4BrClN2O3. The van der Waals surface area contributed by atoms with Crippen LogP contribution in [0.5, 0.6) is 5.75 Å². The second-order valence-corrected chi connectivity index (χ2v) is 4.28. The van der Waals surface area contributed by atoms with E-state index in [1.54, 1.807) is 6.07 Å². The molecule has 0 saturated heterocycles. The van der Waals surface area contributed by atoms with Crippen LogP contribution in [-0.4, -0.2) is 15.0 Å². The van der Waals surface area contributed by atoms with Crippen molar-refractivity contribution in [3.63, 3.8) is 0 Å². The molecule has 0 atom stereocenters. The zero-order chi connectivity index (χ0) is 11.9. The average molecular weight is 303 g/mol. The van der Waals surface area contributed by atoms with Crippen molar-refractivity contribution in [2.24, 2.45) is 0 Å². The highest BCUT2D eigenvalue weighted by Gasteiger charge is 2.21. The number of nitro benzene ring substituents is 1. The molecule has 1 N–H and O–H groups in total. The van der Waals surface area contributed by atoms with E-state index in [9.17, 15) is 15.2 Å². The third-order valence-corrected chi connectivity index (χ3v) is 2.88. The van der Waals surface area contributed by atoms with Crippen LogP contribution in [0.2, 0.25) is 5.15 Å². The topological polar surface area (TPSA) is 76.3 Å². The number of benzene rings is 1. The highest BCUT2D eigenvalue weighted by Crippen LogP contribution is 2.40. The lowest BCUT2D eigenvalue weighted by Gasteiger charge is -2.03. The number of phenolic OH excluding ortho intramolecular Hbond substituents is 1. The quantitative estimate of drug-likeness (QED) is 0.498. The van der Waals surface area contributed by atoms with Crippen molar-refractivity contribution in [3.05, 3.63) is 38.1 Å². The van der Waals surface area contributed by atoms with Gasteiger partial charge in [-0.3, -0.25) is 10.1 Å². The number of pyridine rings is 1. The van der Waals surface area contributed by atoms with Crippen LogP contribution in [0.25, 0.3) is 10.8 Å². The molecule has 0 aliphatic carbocycles. The molecular weight excluding hydrogens is 299 g/mol. The Balaban J connectivity index is 2.96. The number of aromatic hydroxyl groups is 1. The molecule has 0 radical (unpaired) electrons. The Kier molecular flexibility index (Phi) is 2.69. The predicted molar refractivity (Wildman–Crippen MR) is 62.8 cm³/mol. The van der Waals surface area contributed by atoms with E-state index in [-0.39, 0.29) is 20.7 Å². The second kappa shape index (κ2) is 3.88. The smallest absolute Gasteiger partial charge is 0.319 e. The van der Waals surface area contributed by atoms with E-state index >= 15 is 0 Å². The summed E-state index contributed by atoms with van der Waals surface area (Å²) < 4.78 is 0.246. The molecule has 2 aromatic rings. The number of rotatable bonds is 1. The van der Waals surface area contributed by atoms with Gasteiger partial charge >= 0.3 is 5.69 Å². The fourth-order valence-electron chi connectivity index (χ4n) is 1.39. The van der Waals surface area contributed by atoms with Crippen molar-refractivity contribution in [3.8, 4) is 5.75 Å². The van der Waals surface area contributed by atoms with Gasteiger partial charge in [0.1, 0.15) is 5.15 Å². The number of aromatic nitrogens is 1. The van der Waals surface area contributed by atoms with Crippen LogP contribution in [0.1, 0.15) is 0 Å². The van der Waals surface area contributed by atoms with Crippen molar-refractivity contribution in [2.75, 3.05) is 0 Å². The summed E-state index contributed by atoms with van der Waals surface area (Å²) in [5.41, 5.74) is -0.381. The molecule has 0 aliphatic rings. The monoisotopic (exact) mass is 302 g/mol. The molecule has 5 nitrogen and oxygen atoms in total. The molecule has 1 aromatic heterocycles. The zero-order valence-electron chi connectivity index (χ0n) is 7.65. The molecule has 82 valence electrons. The van der Waals surface area contributed by atoms with E-state index in [2.05, 4.69) is 20.9 Å². The number of fused-ring (bicyclic) bond motifs is 1. The Morgan fingerprint density at radius 2 is 2.19 bits per heavy atom. The van der Waals surface area contributed by atoms with Crippen LogP contribution in [0.3, 0.4) is 0 Å². The first-order chi connectivity index (χ1) is 7.50. The molecule has 1 aromatic carbocycles. The maximum absolute atomic E-state index is 10.9. The molecule has 2 rings (SSSR count). The van der Waals surface area contributed by atoms with Gasteiger partial charge in [-0.25, -0.2) is 4.98 Å². The van der Waals surface area contributed by atoms with Crippen molar-refractivity contribution in [1.29, 1.82) is 0 Å². The molecule has 7 heteroatoms. The highest BCUT2D eigenvalue weighted by atomic mass is 79.9. The zero-order valence-corrected chi connectivity index (χ0v) is 9.99. The van der Waals surface area contributed by atoms with E-state index < -0.39 is 10.7 Å². The molecule has 0 saturated carbocycles. The van der Waals surface area contributed by atoms with Crippen molar-refractivity contribution < 1.29 is 10.0 Å². The largest absolute Gasteiger partial charge is 0.501 e. The third-order valence-electron chi connectivity index (χ3n) is 2.07. The third kappa shape index (κ3) is 1.70. The van der Waals surface area contributed by atoms with Gasteiger partial charge in [-0.2, -0.15) is 0 Å². The summed E-state index contributed by atoms with van der Waals surface area (Å²) in [6, 6.07) is 2.89. The fourth-order valence-corrected chi connectivity index (χ4v) is 1.98. The Morgan fingerprint density at radius 1 is 1.50 bits per heavy atom. The van der Waals surface area contributed by atoms with Gasteiger partial charge in [-0.15, -0.1) is 0 Å². The first kappa shape index (κ1) is 11.1. The van der Waals surface area contributed by atoms with Gasteiger partial charge in [-0.05, 0) is 28.1 Å². The van der Waals surface area contributed by atoms with Gasteiger partial charge in [0.2, 0.25) is 5.75 Å². The maximum Gasteiger partial charge on any atom is 0.319 e. The van der Waals surface area contributed by atoms with Crippen molar-refractivity contribution >= 4 is 44.0 Å². The first-order valence-electron chi connectivity index (χ1n) is 4.12. The van der Waals surface area contributed by atoms with E-state index in [0.717, 1.165) is 0 Å². The Bertz CT molecular complexity index is 603. The Morgan fingerprint density at radius 3 is 2.81 bits per heavy atom. The van der Waals surface area contributed by atoms with E-state index in [1.807, 2.05) is 0 Å². The van der Waals surface area contributed by atoms with Crippen LogP contribution >= 0.6 is 27.5 Å². The predicted octanol–water partition coefficient (Wildman–Crippen LogP) is 3.26. The lowest BCUT2D eigenvalue weighted by atomic mass is 10.1. The van der Waals surface area contributed by atoms with Gasteiger partial charge in [0.25, 0.3) is 0 Å². The second-order valence-electron chi connectivity index (χ2n) is 3.04. The van der Waals surface area contributed by atoms with Crippen LogP contribution in [-0.2, 0) is 0 Å². The van der Waals surface area contributed by atoms with Gasteiger partial charge < -0.3 is 5.11 Å². The van der Waals surface area contributed by atoms with Crippen molar-refractivity contribution in [2.45, 2.75) is 0 Å². The minimum Gasteiger partial charge on any atom is -0.501 e. The molecule has 16 heavy (non-hydrogen) atoms. The number of hydrogen-bond acceptors (Lipinski definition) is 4. The lowest BCUT2D eigenvalue weighted by molar-refractivity contribution is -0.384. The minimum absolute atomic E-state index is 0.136. The lowest BCUT2D eigenvalue weighted by Crippen LogP contribution is -1.92. The summed E-state index contributed by atoms with van der Waals surface area (Å²) in [7, 11) is 0. The normalized spacial score (nSPS) is 10.6. The molecule has 0 spiro atoms. The summed E-state index contributed by atoms with van der Waals surface area (Å²) in [5.74, 6) is -0.417. The molecule has 0 bridgehead atoms.